The van der Waals surface area contributed by atoms with Crippen LogP contribution >= 0.6 is 11.7 Å². The zero-order chi connectivity index (χ0) is 20.5. The highest BCUT2D eigenvalue weighted by atomic mass is 32.1. The zero-order valence-electron chi connectivity index (χ0n) is 16.0. The SMILES string of the molecule is O=C(Nc1ccc2c(c1)CCC(=O)N2Cc1ccccc1)c1ccc2nsnc2c1. The third-order valence-corrected chi connectivity index (χ3v) is 5.79. The van der Waals surface area contributed by atoms with Crippen molar-refractivity contribution in [3.05, 3.63) is 83.4 Å². The normalized spacial score (nSPS) is 13.3. The number of nitrogens with zero attached hydrogens (tertiary/aromatic N) is 3. The molecule has 0 unspecified atom stereocenters. The molecule has 0 fully saturated rings. The molecular weight excluding hydrogens is 396 g/mol. The number of anilines is 2. The van der Waals surface area contributed by atoms with Gasteiger partial charge in [0.15, 0.2) is 0 Å². The minimum Gasteiger partial charge on any atom is -0.322 e. The van der Waals surface area contributed by atoms with E-state index in [1.165, 1.54) is 0 Å². The maximum atomic E-state index is 12.7. The number of hydrogen-bond donors (Lipinski definition) is 1. The Morgan fingerprint density at radius 1 is 0.967 bits per heavy atom. The van der Waals surface area contributed by atoms with E-state index in [-0.39, 0.29) is 11.8 Å². The summed E-state index contributed by atoms with van der Waals surface area (Å²) in [5.74, 6) is -0.0776. The lowest BCUT2D eigenvalue weighted by atomic mass is 9.99. The van der Waals surface area contributed by atoms with Crippen molar-refractivity contribution < 1.29 is 9.59 Å². The second-order valence-corrected chi connectivity index (χ2v) is 7.76. The van der Waals surface area contributed by atoms with Gasteiger partial charge in [-0.25, -0.2) is 0 Å². The average Bonchev–Trinajstić information content (AvgIpc) is 3.24. The molecule has 1 aliphatic rings. The molecule has 0 bridgehead atoms. The molecule has 1 N–H and O–H groups in total. The van der Waals surface area contributed by atoms with E-state index in [0.717, 1.165) is 34.1 Å². The zero-order valence-corrected chi connectivity index (χ0v) is 16.9. The molecule has 1 aromatic heterocycles. The van der Waals surface area contributed by atoms with Gasteiger partial charge in [-0.05, 0) is 53.9 Å². The van der Waals surface area contributed by atoms with Gasteiger partial charge < -0.3 is 10.2 Å². The first-order valence-corrected chi connectivity index (χ1v) is 10.4. The molecular formula is C23H18N4O2S. The fraction of sp³-hybridized carbons (Fsp3) is 0.130. The molecule has 30 heavy (non-hydrogen) atoms. The number of amides is 2. The van der Waals surface area contributed by atoms with Crippen LogP contribution in [0.1, 0.15) is 27.9 Å². The van der Waals surface area contributed by atoms with E-state index in [4.69, 9.17) is 0 Å². The molecule has 3 aromatic carbocycles. The Balaban J connectivity index is 1.38. The predicted molar refractivity (Wildman–Crippen MR) is 118 cm³/mol. The summed E-state index contributed by atoms with van der Waals surface area (Å²) in [6, 6.07) is 21.0. The van der Waals surface area contributed by atoms with Crippen molar-refractivity contribution in [2.75, 3.05) is 10.2 Å². The third-order valence-electron chi connectivity index (χ3n) is 5.24. The number of nitrogens with one attached hydrogen (secondary N) is 1. The quantitative estimate of drug-likeness (QED) is 0.536. The lowest BCUT2D eigenvalue weighted by molar-refractivity contribution is -0.119. The summed E-state index contributed by atoms with van der Waals surface area (Å²) in [6.07, 6.45) is 1.13. The molecule has 0 spiro atoms. The van der Waals surface area contributed by atoms with E-state index < -0.39 is 0 Å². The summed E-state index contributed by atoms with van der Waals surface area (Å²) in [5, 5.41) is 2.95. The highest BCUT2D eigenvalue weighted by Crippen LogP contribution is 2.31. The summed E-state index contributed by atoms with van der Waals surface area (Å²) in [4.78, 5) is 27.0. The molecule has 0 aliphatic carbocycles. The Bertz CT molecular complexity index is 1250. The molecule has 4 aromatic rings. The lowest BCUT2D eigenvalue weighted by Crippen LogP contribution is -2.34. The number of fused-ring (bicyclic) bond motifs is 2. The number of aryl methyl sites for hydroxylation is 1. The Hall–Kier alpha value is -3.58. The smallest absolute Gasteiger partial charge is 0.255 e. The molecule has 1 aliphatic heterocycles. The Morgan fingerprint density at radius 3 is 2.67 bits per heavy atom. The predicted octanol–water partition coefficient (Wildman–Crippen LogP) is 4.42. The van der Waals surface area contributed by atoms with Crippen molar-refractivity contribution in [2.24, 2.45) is 0 Å². The van der Waals surface area contributed by atoms with Gasteiger partial charge in [0.05, 0.1) is 18.3 Å². The van der Waals surface area contributed by atoms with Gasteiger partial charge in [-0.2, -0.15) is 8.75 Å². The Morgan fingerprint density at radius 2 is 1.80 bits per heavy atom. The second kappa shape index (κ2) is 7.68. The highest BCUT2D eigenvalue weighted by Gasteiger charge is 2.24. The maximum Gasteiger partial charge on any atom is 0.255 e. The molecule has 0 atom stereocenters. The van der Waals surface area contributed by atoms with Gasteiger partial charge >= 0.3 is 0 Å². The van der Waals surface area contributed by atoms with Crippen LogP contribution in [0, 0.1) is 0 Å². The molecule has 6 nitrogen and oxygen atoms in total. The molecule has 148 valence electrons. The monoisotopic (exact) mass is 414 g/mol. The van der Waals surface area contributed by atoms with Crippen molar-refractivity contribution in [3.8, 4) is 0 Å². The summed E-state index contributed by atoms with van der Waals surface area (Å²) in [5.41, 5.74) is 5.80. The minimum atomic E-state index is -0.196. The Kier molecular flexibility index (Phi) is 4.72. The van der Waals surface area contributed by atoms with Crippen LogP contribution in [0.2, 0.25) is 0 Å². The van der Waals surface area contributed by atoms with E-state index in [0.29, 0.717) is 36.2 Å². The first-order chi connectivity index (χ1) is 14.7. The van der Waals surface area contributed by atoms with Crippen molar-refractivity contribution >= 4 is 46.0 Å². The van der Waals surface area contributed by atoms with Gasteiger partial charge in [0.25, 0.3) is 5.91 Å². The van der Waals surface area contributed by atoms with Crippen LogP contribution in [0.3, 0.4) is 0 Å². The maximum absolute atomic E-state index is 12.7. The molecule has 0 saturated heterocycles. The minimum absolute atomic E-state index is 0.119. The molecule has 2 heterocycles. The number of carbonyl (C=O) groups is 2. The van der Waals surface area contributed by atoms with Crippen molar-refractivity contribution in [3.63, 3.8) is 0 Å². The molecule has 2 amide bonds. The van der Waals surface area contributed by atoms with Crippen LogP contribution in [-0.2, 0) is 17.8 Å². The number of carbonyl (C=O) groups excluding carboxylic acids is 2. The molecule has 0 saturated carbocycles. The topological polar surface area (TPSA) is 75.2 Å². The number of rotatable bonds is 4. The fourth-order valence-electron chi connectivity index (χ4n) is 3.70. The van der Waals surface area contributed by atoms with Gasteiger partial charge in [0, 0.05) is 23.4 Å². The van der Waals surface area contributed by atoms with E-state index >= 15 is 0 Å². The number of hydrogen-bond acceptors (Lipinski definition) is 5. The summed E-state index contributed by atoms with van der Waals surface area (Å²) < 4.78 is 8.35. The average molecular weight is 414 g/mol. The number of aromatic nitrogens is 2. The van der Waals surface area contributed by atoms with Crippen LogP contribution in [0.5, 0.6) is 0 Å². The third kappa shape index (κ3) is 3.55. The van der Waals surface area contributed by atoms with E-state index in [1.54, 1.807) is 18.2 Å². The van der Waals surface area contributed by atoms with Crippen LogP contribution in [0.15, 0.2) is 66.7 Å². The molecule has 0 radical (unpaired) electrons. The summed E-state index contributed by atoms with van der Waals surface area (Å²) in [6.45, 7) is 0.542. The standard InChI is InChI=1S/C23H18N4O2S/c28-22-11-7-16-12-18(8-10-21(16)27(22)14-15-4-2-1-3-5-15)24-23(29)17-6-9-19-20(13-17)26-30-25-19/h1-6,8-10,12-13H,7,11,14H2,(H,24,29). The second-order valence-electron chi connectivity index (χ2n) is 7.23. The van der Waals surface area contributed by atoms with Gasteiger partial charge in [-0.1, -0.05) is 30.3 Å². The fourth-order valence-corrected chi connectivity index (χ4v) is 4.22. The van der Waals surface area contributed by atoms with Gasteiger partial charge in [0.1, 0.15) is 11.0 Å². The van der Waals surface area contributed by atoms with Crippen molar-refractivity contribution in [1.82, 2.24) is 8.75 Å². The molecule has 5 rings (SSSR count). The summed E-state index contributed by atoms with van der Waals surface area (Å²) in [7, 11) is 0. The lowest BCUT2D eigenvalue weighted by Gasteiger charge is -2.30. The van der Waals surface area contributed by atoms with Crippen LogP contribution < -0.4 is 10.2 Å². The van der Waals surface area contributed by atoms with Crippen LogP contribution in [-0.4, -0.2) is 20.6 Å². The van der Waals surface area contributed by atoms with E-state index in [2.05, 4.69) is 14.1 Å². The van der Waals surface area contributed by atoms with E-state index in [1.807, 2.05) is 53.4 Å². The van der Waals surface area contributed by atoms with Crippen LogP contribution in [0.4, 0.5) is 11.4 Å². The van der Waals surface area contributed by atoms with Crippen LogP contribution in [0.25, 0.3) is 11.0 Å². The van der Waals surface area contributed by atoms with Gasteiger partial charge in [-0.15, -0.1) is 0 Å². The van der Waals surface area contributed by atoms with Gasteiger partial charge in [0.2, 0.25) is 5.91 Å². The first kappa shape index (κ1) is 18.4. The van der Waals surface area contributed by atoms with Gasteiger partial charge in [-0.3, -0.25) is 9.59 Å². The van der Waals surface area contributed by atoms with Crippen molar-refractivity contribution in [2.45, 2.75) is 19.4 Å². The number of benzene rings is 3. The largest absolute Gasteiger partial charge is 0.322 e. The highest BCUT2D eigenvalue weighted by molar-refractivity contribution is 7.00. The molecule has 7 heteroatoms. The Labute approximate surface area is 177 Å². The van der Waals surface area contributed by atoms with E-state index in [9.17, 15) is 9.59 Å². The van der Waals surface area contributed by atoms with Crippen molar-refractivity contribution in [1.29, 1.82) is 0 Å². The first-order valence-electron chi connectivity index (χ1n) is 9.68. The summed E-state index contributed by atoms with van der Waals surface area (Å²) >= 11 is 1.13.